The zero-order valence-electron chi connectivity index (χ0n) is 6.17. The van der Waals surface area contributed by atoms with Crippen LogP contribution in [0.4, 0.5) is 0 Å². The van der Waals surface area contributed by atoms with Crippen molar-refractivity contribution in [3.05, 3.63) is 0 Å². The summed E-state index contributed by atoms with van der Waals surface area (Å²) >= 11 is 1.77. The fraction of sp³-hybridized carbons (Fsp3) is 0.857. The van der Waals surface area contributed by atoms with Crippen molar-refractivity contribution in [1.82, 2.24) is 0 Å². The molecular formula is C7H13NOS. The summed E-state index contributed by atoms with van der Waals surface area (Å²) in [4.78, 5) is 11.0. The van der Waals surface area contributed by atoms with Crippen LogP contribution in [-0.2, 0) is 4.79 Å². The molecule has 0 aromatic heterocycles. The maximum atomic E-state index is 11.0. The number of hydrogen-bond donors (Lipinski definition) is 1. The molecule has 0 bridgehead atoms. The summed E-state index contributed by atoms with van der Waals surface area (Å²) in [5, 5.41) is 0.726. The van der Waals surface area contributed by atoms with Crippen molar-refractivity contribution in [1.29, 1.82) is 0 Å². The Morgan fingerprint density at radius 2 is 2.50 bits per heavy atom. The van der Waals surface area contributed by atoms with Gasteiger partial charge in [-0.25, -0.2) is 0 Å². The highest BCUT2D eigenvalue weighted by Gasteiger charge is 2.28. The topological polar surface area (TPSA) is 43.1 Å². The second-order valence-corrected chi connectivity index (χ2v) is 4.29. The average Bonchev–Trinajstić information content (AvgIpc) is 2.14. The van der Waals surface area contributed by atoms with Crippen LogP contribution in [0.2, 0.25) is 0 Å². The van der Waals surface area contributed by atoms with Gasteiger partial charge in [0.05, 0.1) is 5.25 Å². The quantitative estimate of drug-likeness (QED) is 0.648. The van der Waals surface area contributed by atoms with Crippen molar-refractivity contribution in [2.24, 2.45) is 5.73 Å². The standard InChI is InChI=1S/C7H13NOS/c1-5-7(9)4-6(10-5)2-3-8/h5-6H,2-4,8H2,1H3. The van der Waals surface area contributed by atoms with E-state index in [0.717, 1.165) is 12.8 Å². The largest absolute Gasteiger partial charge is 0.330 e. The lowest BCUT2D eigenvalue weighted by Crippen LogP contribution is -2.08. The van der Waals surface area contributed by atoms with Crippen LogP contribution in [0.5, 0.6) is 0 Å². The van der Waals surface area contributed by atoms with Gasteiger partial charge in [0, 0.05) is 11.7 Å². The molecule has 1 aliphatic rings. The summed E-state index contributed by atoms with van der Waals surface area (Å²) in [5.41, 5.74) is 5.37. The van der Waals surface area contributed by atoms with E-state index in [4.69, 9.17) is 5.73 Å². The van der Waals surface area contributed by atoms with Crippen molar-refractivity contribution in [3.63, 3.8) is 0 Å². The smallest absolute Gasteiger partial charge is 0.146 e. The van der Waals surface area contributed by atoms with Crippen molar-refractivity contribution in [2.75, 3.05) is 6.54 Å². The van der Waals surface area contributed by atoms with Crippen LogP contribution in [0.3, 0.4) is 0 Å². The fourth-order valence-corrected chi connectivity index (χ4v) is 2.52. The Labute approximate surface area is 65.5 Å². The first-order valence-electron chi connectivity index (χ1n) is 3.62. The Morgan fingerprint density at radius 3 is 2.90 bits per heavy atom. The molecule has 2 nitrogen and oxygen atoms in total. The van der Waals surface area contributed by atoms with Gasteiger partial charge >= 0.3 is 0 Å². The molecule has 2 unspecified atom stereocenters. The minimum absolute atomic E-state index is 0.219. The average molecular weight is 159 g/mol. The molecule has 0 aromatic carbocycles. The van der Waals surface area contributed by atoms with Crippen LogP contribution in [0.25, 0.3) is 0 Å². The predicted molar refractivity (Wildman–Crippen MR) is 44.1 cm³/mol. The lowest BCUT2D eigenvalue weighted by Gasteiger charge is -2.03. The maximum absolute atomic E-state index is 11.0. The van der Waals surface area contributed by atoms with E-state index in [1.807, 2.05) is 6.92 Å². The van der Waals surface area contributed by atoms with Crippen molar-refractivity contribution >= 4 is 17.5 Å². The Hall–Kier alpha value is -0.0200. The van der Waals surface area contributed by atoms with Crippen LogP contribution in [0, 0.1) is 0 Å². The number of thioether (sulfide) groups is 1. The molecule has 0 saturated carbocycles. The zero-order valence-corrected chi connectivity index (χ0v) is 6.99. The second-order valence-electron chi connectivity index (χ2n) is 2.65. The number of carbonyl (C=O) groups excluding carboxylic acids is 1. The minimum Gasteiger partial charge on any atom is -0.330 e. The Balaban J connectivity index is 2.34. The number of Topliss-reactive ketones (excluding diaryl/α,β-unsaturated/α-hetero) is 1. The van der Waals surface area contributed by atoms with Crippen LogP contribution < -0.4 is 5.73 Å². The van der Waals surface area contributed by atoms with Crippen LogP contribution in [0.1, 0.15) is 19.8 Å². The van der Waals surface area contributed by atoms with Crippen LogP contribution in [0.15, 0.2) is 0 Å². The molecule has 0 radical (unpaired) electrons. The van der Waals surface area contributed by atoms with Gasteiger partial charge < -0.3 is 5.73 Å². The Kier molecular flexibility index (Phi) is 2.74. The number of hydrogen-bond acceptors (Lipinski definition) is 3. The van der Waals surface area contributed by atoms with Gasteiger partial charge in [-0.2, -0.15) is 0 Å². The van der Waals surface area contributed by atoms with Crippen LogP contribution in [-0.4, -0.2) is 22.8 Å². The van der Waals surface area contributed by atoms with E-state index in [-0.39, 0.29) is 5.25 Å². The van der Waals surface area contributed by atoms with E-state index in [1.165, 1.54) is 0 Å². The van der Waals surface area contributed by atoms with E-state index in [0.29, 0.717) is 17.6 Å². The van der Waals surface area contributed by atoms with Crippen molar-refractivity contribution in [2.45, 2.75) is 30.3 Å². The minimum atomic E-state index is 0.219. The van der Waals surface area contributed by atoms with Crippen molar-refractivity contribution in [3.8, 4) is 0 Å². The second kappa shape index (κ2) is 3.39. The molecule has 0 aromatic rings. The van der Waals surface area contributed by atoms with Gasteiger partial charge in [0.25, 0.3) is 0 Å². The van der Waals surface area contributed by atoms with E-state index in [9.17, 15) is 4.79 Å². The lowest BCUT2D eigenvalue weighted by atomic mass is 10.1. The van der Waals surface area contributed by atoms with Crippen molar-refractivity contribution < 1.29 is 4.79 Å². The fourth-order valence-electron chi connectivity index (χ4n) is 1.16. The molecule has 0 spiro atoms. The first kappa shape index (κ1) is 8.08. The van der Waals surface area contributed by atoms with Gasteiger partial charge in [0.2, 0.25) is 0 Å². The summed E-state index contributed by atoms with van der Waals surface area (Å²) in [7, 11) is 0. The third-order valence-corrected chi connectivity index (χ3v) is 3.23. The van der Waals surface area contributed by atoms with Gasteiger partial charge in [0.1, 0.15) is 5.78 Å². The molecule has 2 N–H and O–H groups in total. The summed E-state index contributed by atoms with van der Waals surface area (Å²) < 4.78 is 0. The molecule has 1 heterocycles. The van der Waals surface area contributed by atoms with E-state index in [2.05, 4.69) is 0 Å². The van der Waals surface area contributed by atoms with E-state index < -0.39 is 0 Å². The molecular weight excluding hydrogens is 146 g/mol. The maximum Gasteiger partial charge on any atom is 0.146 e. The summed E-state index contributed by atoms with van der Waals surface area (Å²) in [6, 6.07) is 0. The predicted octanol–water partition coefficient (Wildman–Crippen LogP) is 0.798. The van der Waals surface area contributed by atoms with Gasteiger partial charge in [-0.15, -0.1) is 11.8 Å². The highest BCUT2D eigenvalue weighted by molar-refractivity contribution is 8.01. The molecule has 58 valence electrons. The summed E-state index contributed by atoms with van der Waals surface area (Å²) in [6.45, 7) is 2.68. The number of rotatable bonds is 2. The third kappa shape index (κ3) is 1.73. The summed E-state index contributed by atoms with van der Waals surface area (Å²) in [5.74, 6) is 0.392. The molecule has 1 aliphatic heterocycles. The lowest BCUT2D eigenvalue weighted by molar-refractivity contribution is -0.117. The monoisotopic (exact) mass is 159 g/mol. The van der Waals surface area contributed by atoms with Crippen LogP contribution >= 0.6 is 11.8 Å². The highest BCUT2D eigenvalue weighted by atomic mass is 32.2. The highest BCUT2D eigenvalue weighted by Crippen LogP contribution is 2.32. The van der Waals surface area contributed by atoms with Gasteiger partial charge in [-0.05, 0) is 19.9 Å². The SMILES string of the molecule is CC1SC(CCN)CC1=O. The number of ketones is 1. The molecule has 3 heteroatoms. The molecule has 0 amide bonds. The molecule has 1 fully saturated rings. The van der Waals surface area contributed by atoms with E-state index >= 15 is 0 Å². The number of nitrogens with two attached hydrogens (primary N) is 1. The van der Waals surface area contributed by atoms with Gasteiger partial charge in [0.15, 0.2) is 0 Å². The Bertz CT molecular complexity index is 138. The molecule has 10 heavy (non-hydrogen) atoms. The number of carbonyl (C=O) groups is 1. The molecule has 1 saturated heterocycles. The zero-order chi connectivity index (χ0) is 7.56. The first-order chi connectivity index (χ1) is 4.74. The van der Waals surface area contributed by atoms with Gasteiger partial charge in [-0.1, -0.05) is 0 Å². The first-order valence-corrected chi connectivity index (χ1v) is 4.56. The van der Waals surface area contributed by atoms with E-state index in [1.54, 1.807) is 11.8 Å². The molecule has 0 aliphatic carbocycles. The molecule has 2 atom stereocenters. The molecule has 1 rings (SSSR count). The van der Waals surface area contributed by atoms with Gasteiger partial charge in [-0.3, -0.25) is 4.79 Å². The Morgan fingerprint density at radius 1 is 1.80 bits per heavy atom. The third-order valence-electron chi connectivity index (χ3n) is 1.77. The normalized spacial score (nSPS) is 33.2. The summed E-state index contributed by atoms with van der Waals surface area (Å²) in [6.07, 6.45) is 1.73.